The lowest BCUT2D eigenvalue weighted by Gasteiger charge is -2.31. The molecule has 0 saturated carbocycles. The van der Waals surface area contributed by atoms with Crippen LogP contribution in [-0.2, 0) is 21.4 Å². The highest BCUT2D eigenvalue weighted by Gasteiger charge is 2.34. The van der Waals surface area contributed by atoms with E-state index in [1.54, 1.807) is 0 Å². The quantitative estimate of drug-likeness (QED) is 0.720. The highest BCUT2D eigenvalue weighted by Crippen LogP contribution is 2.24. The first-order valence-corrected chi connectivity index (χ1v) is 11.0. The molecule has 1 unspecified atom stereocenters. The summed E-state index contributed by atoms with van der Waals surface area (Å²) in [5.41, 5.74) is 0.136. The molecule has 6 nitrogen and oxygen atoms in total. The Morgan fingerprint density at radius 2 is 2.15 bits per heavy atom. The molecule has 3 rings (SSSR count). The predicted octanol–water partition coefficient (Wildman–Crippen LogP) is 2.41. The molecule has 1 aliphatic heterocycles. The zero-order valence-corrected chi connectivity index (χ0v) is 16.3. The van der Waals surface area contributed by atoms with E-state index in [9.17, 15) is 22.0 Å². The molecule has 0 radical (unpaired) electrons. The number of carbonyl (C=O) groups is 1. The number of fused-ring (bicyclic) bond motifs is 1. The number of hydrogen-bond donors (Lipinski definition) is 0. The molecule has 1 fully saturated rings. The van der Waals surface area contributed by atoms with Crippen LogP contribution in [0.15, 0.2) is 29.8 Å². The van der Waals surface area contributed by atoms with E-state index in [2.05, 4.69) is 11.6 Å². The molecule has 0 bridgehead atoms. The van der Waals surface area contributed by atoms with Crippen molar-refractivity contribution in [3.63, 3.8) is 0 Å². The van der Waals surface area contributed by atoms with Crippen LogP contribution in [0.1, 0.15) is 19.3 Å². The number of rotatable bonds is 4. The van der Waals surface area contributed by atoms with Crippen LogP contribution in [0.2, 0.25) is 0 Å². The Kier molecular flexibility index (Phi) is 5.59. The van der Waals surface area contributed by atoms with Gasteiger partial charge in [0.15, 0.2) is 10.6 Å². The summed E-state index contributed by atoms with van der Waals surface area (Å²) in [6.07, 6.45) is 4.36. The lowest BCUT2D eigenvalue weighted by Crippen LogP contribution is -2.47. The van der Waals surface area contributed by atoms with Crippen LogP contribution < -0.4 is 4.80 Å². The van der Waals surface area contributed by atoms with Crippen molar-refractivity contribution in [2.75, 3.05) is 12.8 Å². The van der Waals surface area contributed by atoms with E-state index in [0.29, 0.717) is 17.5 Å². The maximum Gasteiger partial charge on any atom is 0.266 e. The molecule has 1 atom stereocenters. The average molecular weight is 415 g/mol. The smallest absolute Gasteiger partial charge is 0.266 e. The summed E-state index contributed by atoms with van der Waals surface area (Å²) < 4.78 is 54.6. The van der Waals surface area contributed by atoms with Crippen molar-refractivity contribution in [1.29, 1.82) is 0 Å². The molecule has 2 aromatic rings. The SMILES string of the molecule is C=CCn1c(=NC(=O)C2CCCCN2S(C)(=O)=O)sc2cc(F)cc(F)c21. The van der Waals surface area contributed by atoms with Gasteiger partial charge in [0.1, 0.15) is 11.9 Å². The normalized spacial score (nSPS) is 19.5. The van der Waals surface area contributed by atoms with Crippen LogP contribution in [0, 0.1) is 11.6 Å². The molecule has 146 valence electrons. The van der Waals surface area contributed by atoms with Gasteiger partial charge in [-0.05, 0) is 18.9 Å². The van der Waals surface area contributed by atoms with Crippen molar-refractivity contribution < 1.29 is 22.0 Å². The van der Waals surface area contributed by atoms with E-state index in [0.717, 1.165) is 34.4 Å². The number of carbonyl (C=O) groups excluding carboxylic acids is 1. The maximum atomic E-state index is 14.3. The number of thiazole rings is 1. The lowest BCUT2D eigenvalue weighted by atomic mass is 10.0. The van der Waals surface area contributed by atoms with Gasteiger partial charge in [0.2, 0.25) is 10.0 Å². The van der Waals surface area contributed by atoms with Crippen LogP contribution in [0.5, 0.6) is 0 Å². The Labute approximate surface area is 159 Å². The number of aromatic nitrogens is 1. The highest BCUT2D eigenvalue weighted by molar-refractivity contribution is 7.88. The molecule has 1 amide bonds. The molecule has 1 aromatic heterocycles. The van der Waals surface area contributed by atoms with Gasteiger partial charge >= 0.3 is 0 Å². The van der Waals surface area contributed by atoms with Crippen molar-refractivity contribution in [3.05, 3.63) is 41.2 Å². The Morgan fingerprint density at radius 3 is 2.81 bits per heavy atom. The van der Waals surface area contributed by atoms with Gasteiger partial charge in [0.05, 0.1) is 16.5 Å². The first-order valence-electron chi connectivity index (χ1n) is 8.37. The number of sulfonamides is 1. The van der Waals surface area contributed by atoms with Crippen molar-refractivity contribution in [1.82, 2.24) is 8.87 Å². The molecule has 1 saturated heterocycles. The molecule has 2 heterocycles. The molecule has 0 aliphatic carbocycles. The third-order valence-electron chi connectivity index (χ3n) is 4.38. The fourth-order valence-corrected chi connectivity index (χ4v) is 5.43. The van der Waals surface area contributed by atoms with Gasteiger partial charge in [-0.3, -0.25) is 4.79 Å². The average Bonchev–Trinajstić information content (AvgIpc) is 2.91. The number of nitrogens with zero attached hydrogens (tertiary/aromatic N) is 3. The monoisotopic (exact) mass is 415 g/mol. The van der Waals surface area contributed by atoms with Crippen LogP contribution in [0.3, 0.4) is 0 Å². The summed E-state index contributed by atoms with van der Waals surface area (Å²) in [5, 5.41) is 0. The fraction of sp³-hybridized carbons (Fsp3) is 0.412. The van der Waals surface area contributed by atoms with E-state index in [1.165, 1.54) is 16.7 Å². The molecular weight excluding hydrogens is 396 g/mol. The van der Waals surface area contributed by atoms with Gasteiger partial charge in [0, 0.05) is 19.2 Å². The Hall–Kier alpha value is -1.91. The summed E-state index contributed by atoms with van der Waals surface area (Å²) in [4.78, 5) is 17.0. The third-order valence-corrected chi connectivity index (χ3v) is 6.69. The van der Waals surface area contributed by atoms with E-state index in [1.807, 2.05) is 0 Å². The van der Waals surface area contributed by atoms with Crippen molar-refractivity contribution in [2.24, 2.45) is 4.99 Å². The lowest BCUT2D eigenvalue weighted by molar-refractivity contribution is -0.122. The van der Waals surface area contributed by atoms with Crippen molar-refractivity contribution in [3.8, 4) is 0 Å². The molecule has 10 heteroatoms. The second-order valence-corrected chi connectivity index (χ2v) is 9.30. The van der Waals surface area contributed by atoms with Gasteiger partial charge < -0.3 is 4.57 Å². The second kappa shape index (κ2) is 7.61. The van der Waals surface area contributed by atoms with Gasteiger partial charge in [-0.25, -0.2) is 17.2 Å². The molecule has 0 spiro atoms. The van der Waals surface area contributed by atoms with Gasteiger partial charge in [0.25, 0.3) is 5.91 Å². The maximum absolute atomic E-state index is 14.3. The summed E-state index contributed by atoms with van der Waals surface area (Å²) in [5.74, 6) is -2.08. The minimum absolute atomic E-state index is 0.136. The third kappa shape index (κ3) is 4.02. The second-order valence-electron chi connectivity index (χ2n) is 6.35. The zero-order valence-electron chi connectivity index (χ0n) is 14.7. The molecule has 1 aliphatic rings. The number of benzene rings is 1. The largest absolute Gasteiger partial charge is 0.310 e. The van der Waals surface area contributed by atoms with Crippen molar-refractivity contribution >= 4 is 37.5 Å². The van der Waals surface area contributed by atoms with Gasteiger partial charge in [-0.1, -0.05) is 23.8 Å². The number of amides is 1. The number of halogens is 2. The number of piperidine rings is 1. The topological polar surface area (TPSA) is 71.7 Å². The first-order chi connectivity index (χ1) is 12.7. The van der Waals surface area contributed by atoms with E-state index < -0.39 is 33.6 Å². The Morgan fingerprint density at radius 1 is 1.41 bits per heavy atom. The summed E-state index contributed by atoms with van der Waals surface area (Å²) >= 11 is 0.973. The fourth-order valence-electron chi connectivity index (χ4n) is 3.23. The van der Waals surface area contributed by atoms with Gasteiger partial charge in [-0.15, -0.1) is 6.58 Å². The minimum atomic E-state index is -3.55. The zero-order chi connectivity index (χ0) is 19.8. The molecular formula is C17H19F2N3O3S2. The molecule has 0 N–H and O–H groups in total. The van der Waals surface area contributed by atoms with Crippen LogP contribution in [0.25, 0.3) is 10.2 Å². The Bertz CT molecular complexity index is 1070. The van der Waals surface area contributed by atoms with Gasteiger partial charge in [-0.2, -0.15) is 9.30 Å². The van der Waals surface area contributed by atoms with E-state index in [4.69, 9.17) is 0 Å². The summed E-state index contributed by atoms with van der Waals surface area (Å²) in [6.45, 7) is 4.06. The van der Waals surface area contributed by atoms with Crippen molar-refractivity contribution in [2.45, 2.75) is 31.8 Å². The Balaban J connectivity index is 2.11. The summed E-state index contributed by atoms with van der Waals surface area (Å²) in [7, 11) is -3.55. The predicted molar refractivity (Wildman–Crippen MR) is 99.7 cm³/mol. The van der Waals surface area contributed by atoms with Crippen LogP contribution in [0.4, 0.5) is 8.78 Å². The first kappa shape index (κ1) is 19.8. The highest BCUT2D eigenvalue weighted by atomic mass is 32.2. The standard InChI is InChI=1S/C17H19F2N3O3S2/c1-3-7-21-15-12(19)9-11(18)10-14(15)26-17(21)20-16(23)13-6-4-5-8-22(13)27(2,24)25/h3,9-10,13H,1,4-8H2,2H3. The minimum Gasteiger partial charge on any atom is -0.310 e. The number of allylic oxidation sites excluding steroid dienone is 1. The van der Waals surface area contributed by atoms with E-state index in [-0.39, 0.29) is 23.4 Å². The molecule has 1 aromatic carbocycles. The summed E-state index contributed by atoms with van der Waals surface area (Å²) in [6, 6.07) is 1.07. The van der Waals surface area contributed by atoms with E-state index >= 15 is 0 Å². The number of hydrogen-bond acceptors (Lipinski definition) is 4. The van der Waals surface area contributed by atoms with Crippen LogP contribution in [-0.4, -0.2) is 42.0 Å². The van der Waals surface area contributed by atoms with Crippen LogP contribution >= 0.6 is 11.3 Å². The molecule has 27 heavy (non-hydrogen) atoms.